The van der Waals surface area contributed by atoms with Crippen molar-refractivity contribution in [3.63, 3.8) is 0 Å². The first-order valence-electron chi connectivity index (χ1n) is 19.6. The molecule has 18 nitrogen and oxygen atoms in total. The van der Waals surface area contributed by atoms with E-state index in [0.29, 0.717) is 45.0 Å². The molecule has 0 spiro atoms. The number of fused-ring (bicyclic) bond motifs is 1. The summed E-state index contributed by atoms with van der Waals surface area (Å²) in [6.45, 7) is -0.240. The zero-order valence-electron chi connectivity index (χ0n) is 34.3. The first kappa shape index (κ1) is 42.8. The van der Waals surface area contributed by atoms with Crippen molar-refractivity contribution in [2.24, 2.45) is 0 Å². The summed E-state index contributed by atoms with van der Waals surface area (Å²) in [5.74, 6) is 1.61. The Morgan fingerprint density at radius 3 is 1.94 bits per heavy atom. The molecule has 5 aromatic carbocycles. The molecule has 4 N–H and O–H groups in total. The number of carboxylic acid groups (broad SMARTS) is 1. The predicted octanol–water partition coefficient (Wildman–Crippen LogP) is 5.43. The number of amides is 1. The van der Waals surface area contributed by atoms with Crippen molar-refractivity contribution >= 4 is 37.2 Å². The van der Waals surface area contributed by atoms with Gasteiger partial charge in [0.25, 0.3) is 0 Å². The van der Waals surface area contributed by atoms with Crippen LogP contribution in [0.5, 0.6) is 17.2 Å². The number of H-pyrrole nitrogens is 1. The molecule has 0 bridgehead atoms. The summed E-state index contributed by atoms with van der Waals surface area (Å²) >= 11 is 0. The molecule has 1 fully saturated rings. The van der Waals surface area contributed by atoms with Gasteiger partial charge in [0.05, 0.1) is 50.8 Å². The number of carbonyl (C=O) groups is 1. The fraction of sp³-hybridized carbons (Fsp3) is 0.233. The van der Waals surface area contributed by atoms with Crippen LogP contribution >= 0.6 is 0 Å². The highest BCUT2D eigenvalue weighted by Gasteiger charge is 2.40. The van der Waals surface area contributed by atoms with Gasteiger partial charge in [-0.15, -0.1) is 10.2 Å². The minimum atomic E-state index is -4.90. The highest BCUT2D eigenvalue weighted by atomic mass is 32.2. The third-order valence-corrected chi connectivity index (χ3v) is 14.3. The fourth-order valence-corrected chi connectivity index (χ4v) is 11.2. The molecule has 0 unspecified atom stereocenters. The summed E-state index contributed by atoms with van der Waals surface area (Å²) in [5, 5.41) is 25.0. The highest BCUT2D eigenvalue weighted by Crippen LogP contribution is 2.43. The average molecular weight is 894 g/mol. The minimum absolute atomic E-state index is 0.122. The molecule has 1 aliphatic carbocycles. The second kappa shape index (κ2) is 17.8. The molecule has 0 aliphatic heterocycles. The second-order valence-electron chi connectivity index (χ2n) is 14.8. The molecule has 7 aromatic rings. The number of hydrogen-bond donors (Lipinski definition) is 4. The van der Waals surface area contributed by atoms with Crippen LogP contribution in [0.15, 0.2) is 119 Å². The lowest BCUT2D eigenvalue weighted by atomic mass is 9.88. The molecule has 326 valence electrons. The molecule has 2 aromatic heterocycles. The van der Waals surface area contributed by atoms with Gasteiger partial charge in [0.1, 0.15) is 27.0 Å². The summed E-state index contributed by atoms with van der Waals surface area (Å²) in [6.07, 6.45) is 0.585. The predicted molar refractivity (Wildman–Crippen MR) is 231 cm³/mol. The summed E-state index contributed by atoms with van der Waals surface area (Å²) < 4.78 is 81.3. The van der Waals surface area contributed by atoms with E-state index in [1.54, 1.807) is 79.9 Å². The quantitative estimate of drug-likeness (QED) is 0.0895. The number of imidazole rings is 1. The van der Waals surface area contributed by atoms with Crippen molar-refractivity contribution in [2.75, 3.05) is 21.3 Å². The molecule has 20 heteroatoms. The Labute approximate surface area is 362 Å². The number of tetrazole rings is 1. The molecular formula is C43H43N9O9S2. The number of benzene rings is 5. The Morgan fingerprint density at radius 1 is 0.778 bits per heavy atom. The molecule has 8 rings (SSSR count). The van der Waals surface area contributed by atoms with Crippen molar-refractivity contribution < 1.29 is 40.9 Å². The van der Waals surface area contributed by atoms with Crippen molar-refractivity contribution in [3.8, 4) is 39.8 Å². The van der Waals surface area contributed by atoms with E-state index in [2.05, 4.69) is 30.3 Å². The SMILES string of the molecule is COc1ccc(CN(Cc2ccc(OC)cc2)S(=O)(=O)c2c(S(=O)(=O)N[C@H]3C[C@H](NC(=O)O)C3)ccc(-c3cccc4[nH]cnc34)c2-c2nnn(Cc3ccc(OC)cc3)n2)cc1. The van der Waals surface area contributed by atoms with E-state index in [1.807, 2.05) is 18.2 Å². The molecule has 0 saturated heterocycles. The van der Waals surface area contributed by atoms with Gasteiger partial charge in [-0.25, -0.2) is 31.3 Å². The maximum Gasteiger partial charge on any atom is 0.404 e. The summed E-state index contributed by atoms with van der Waals surface area (Å²) in [4.78, 5) is 19.1. The van der Waals surface area contributed by atoms with Crippen LogP contribution in [0.25, 0.3) is 33.5 Å². The van der Waals surface area contributed by atoms with Gasteiger partial charge < -0.3 is 29.6 Å². The van der Waals surface area contributed by atoms with Crippen LogP contribution < -0.4 is 24.2 Å². The second-order valence-corrected chi connectivity index (χ2v) is 18.4. The third kappa shape index (κ3) is 9.19. The Balaban J connectivity index is 1.35. The molecule has 0 radical (unpaired) electrons. The number of methoxy groups -OCH3 is 3. The van der Waals surface area contributed by atoms with Gasteiger partial charge in [-0.05, 0) is 88.8 Å². The van der Waals surface area contributed by atoms with Crippen LogP contribution in [0, 0.1) is 0 Å². The molecular weight excluding hydrogens is 851 g/mol. The lowest BCUT2D eigenvalue weighted by Gasteiger charge is -2.35. The molecule has 0 atom stereocenters. The monoisotopic (exact) mass is 893 g/mol. The molecule has 1 saturated carbocycles. The van der Waals surface area contributed by atoms with Crippen molar-refractivity contribution in [2.45, 2.75) is 54.4 Å². The molecule has 1 amide bonds. The number of sulfonamides is 2. The third-order valence-electron chi connectivity index (χ3n) is 10.7. The van der Waals surface area contributed by atoms with Gasteiger partial charge in [0, 0.05) is 30.7 Å². The lowest BCUT2D eigenvalue weighted by molar-refractivity contribution is 0.176. The highest BCUT2D eigenvalue weighted by molar-refractivity contribution is 7.92. The largest absolute Gasteiger partial charge is 0.497 e. The number of nitrogens with zero attached hydrogens (tertiary/aromatic N) is 6. The van der Waals surface area contributed by atoms with Crippen LogP contribution in [-0.4, -0.2) is 95.9 Å². The number of hydrogen-bond acceptors (Lipinski definition) is 12. The summed E-state index contributed by atoms with van der Waals surface area (Å²) in [6, 6.07) is 27.9. The Bertz CT molecular complexity index is 2920. The normalized spacial score (nSPS) is 15.2. The topological polar surface area (TPSA) is 233 Å². The van der Waals surface area contributed by atoms with Crippen molar-refractivity contribution in [1.29, 1.82) is 0 Å². The number of ether oxygens (including phenoxy) is 3. The molecule has 1 aliphatic rings. The van der Waals surface area contributed by atoms with Gasteiger partial charge in [0.15, 0.2) is 0 Å². The fourth-order valence-electron chi connectivity index (χ4n) is 7.48. The van der Waals surface area contributed by atoms with Crippen molar-refractivity contribution in [3.05, 3.63) is 126 Å². The van der Waals surface area contributed by atoms with Crippen LogP contribution in [0.1, 0.15) is 29.5 Å². The van der Waals surface area contributed by atoms with E-state index in [0.717, 1.165) is 5.56 Å². The van der Waals surface area contributed by atoms with E-state index in [4.69, 9.17) is 19.3 Å². The van der Waals surface area contributed by atoms with Gasteiger partial charge >= 0.3 is 6.09 Å². The average Bonchev–Trinajstić information content (AvgIpc) is 3.96. The first-order valence-corrected chi connectivity index (χ1v) is 22.6. The molecule has 2 heterocycles. The lowest BCUT2D eigenvalue weighted by Crippen LogP contribution is -2.53. The number of aromatic nitrogens is 6. The molecule has 63 heavy (non-hydrogen) atoms. The minimum Gasteiger partial charge on any atom is -0.497 e. The zero-order chi connectivity index (χ0) is 44.3. The number of nitrogens with one attached hydrogen (secondary N) is 3. The van der Waals surface area contributed by atoms with Crippen molar-refractivity contribution in [1.82, 2.24) is 44.5 Å². The van der Waals surface area contributed by atoms with Crippen LogP contribution in [0.3, 0.4) is 0 Å². The van der Waals surface area contributed by atoms with Gasteiger partial charge in [-0.2, -0.15) is 9.10 Å². The maximum atomic E-state index is 15.9. The maximum absolute atomic E-state index is 15.9. The number of para-hydroxylation sites is 1. The smallest absolute Gasteiger partial charge is 0.404 e. The van der Waals surface area contributed by atoms with E-state index in [-0.39, 0.29) is 49.4 Å². The van der Waals surface area contributed by atoms with E-state index in [9.17, 15) is 18.3 Å². The Morgan fingerprint density at radius 2 is 1.37 bits per heavy atom. The Kier molecular flexibility index (Phi) is 12.1. The van der Waals surface area contributed by atoms with Gasteiger partial charge in [0.2, 0.25) is 25.9 Å². The van der Waals surface area contributed by atoms with E-state index < -0.39 is 48.0 Å². The van der Waals surface area contributed by atoms with Crippen LogP contribution in [0.4, 0.5) is 4.79 Å². The van der Waals surface area contributed by atoms with Gasteiger partial charge in [-0.3, -0.25) is 0 Å². The number of aromatic amines is 1. The summed E-state index contributed by atoms with van der Waals surface area (Å²) in [7, 11) is -4.96. The zero-order valence-corrected chi connectivity index (χ0v) is 35.9. The van der Waals surface area contributed by atoms with Gasteiger partial charge in [-0.1, -0.05) is 54.6 Å². The van der Waals surface area contributed by atoms with Crippen LogP contribution in [0.2, 0.25) is 0 Å². The number of rotatable bonds is 17. The van der Waals surface area contributed by atoms with E-state index in [1.165, 1.54) is 41.8 Å². The van der Waals surface area contributed by atoms with Crippen LogP contribution in [-0.2, 0) is 39.7 Å². The van der Waals surface area contributed by atoms with E-state index >= 15 is 8.42 Å². The first-order chi connectivity index (χ1) is 30.3. The standard InChI is InChI=1S/C43H43N9O9S2/c1-59-32-13-7-27(8-14-32)23-51(24-28-9-15-33(60-2)16-10-28)63(57,58)41-38(62(55,56)49-31-21-30(22-31)46-43(53)54)20-19-35(36-5-4-6-37-40(36)45-26-44-37)39(41)42-47-50-52(48-42)25-29-11-17-34(61-3)18-12-29/h4-20,26,30-31,46,49H,21-25H2,1-3H3,(H,44,45)(H,53,54)/t30-,31-. The Hall–Kier alpha value is -6.87. The summed E-state index contributed by atoms with van der Waals surface area (Å²) in [5.41, 5.74) is 3.72.